The summed E-state index contributed by atoms with van der Waals surface area (Å²) in [5.74, 6) is 0. The second-order valence-electron chi connectivity index (χ2n) is 0. The number of rotatable bonds is 0. The minimum atomic E-state index is 0. The summed E-state index contributed by atoms with van der Waals surface area (Å²) in [4.78, 5) is 0. The molecule has 3 radical (unpaired) electrons. The molecule has 33 valence electrons. The zero-order valence-corrected chi connectivity index (χ0v) is 5.40. The van der Waals surface area contributed by atoms with E-state index in [1.54, 1.807) is 0 Å². The van der Waals surface area contributed by atoms with Gasteiger partial charge in [-0.3, -0.25) is 0 Å². The van der Waals surface area contributed by atoms with Crippen LogP contribution in [0.3, 0.4) is 0 Å². The van der Waals surface area contributed by atoms with E-state index in [-0.39, 0.29) is 58.8 Å². The molecular formula is H2CoMnORh. The third-order valence-electron chi connectivity index (χ3n) is 0. The molecule has 0 heterocycles. The molecule has 0 spiro atoms. The smallest absolute Gasteiger partial charge is 0 e. The molecule has 0 aliphatic rings. The standard InChI is InChI=1S/Co.Mn.H2O.Rh/h;;1H2;. The van der Waals surface area contributed by atoms with Crippen LogP contribution < -0.4 is 0 Å². The average molecular weight is 235 g/mol. The topological polar surface area (TPSA) is 31.5 Å². The van der Waals surface area contributed by atoms with Gasteiger partial charge in [-0.1, -0.05) is 0 Å². The zero-order valence-electron chi connectivity index (χ0n) is 1.54. The molecule has 0 unspecified atom stereocenters. The molecule has 4 heteroatoms. The first kappa shape index (κ1) is 46.0. The van der Waals surface area contributed by atoms with Gasteiger partial charge in [0.2, 0.25) is 0 Å². The normalized spacial score (nSPS) is 0. The van der Waals surface area contributed by atoms with Gasteiger partial charge in [0, 0.05) is 53.3 Å². The van der Waals surface area contributed by atoms with Crippen LogP contribution in [0.1, 0.15) is 0 Å². The van der Waals surface area contributed by atoms with E-state index < -0.39 is 0 Å². The summed E-state index contributed by atoms with van der Waals surface area (Å²) in [6.45, 7) is 0. The van der Waals surface area contributed by atoms with E-state index in [0.717, 1.165) is 0 Å². The van der Waals surface area contributed by atoms with Gasteiger partial charge in [0.15, 0.2) is 0 Å². The average Bonchev–Trinajstić information content (AvgIpc) is 0. The Bertz CT molecular complexity index is 8.00. The Balaban J connectivity index is 0. The molecule has 1 nitrogen and oxygen atoms in total. The van der Waals surface area contributed by atoms with Crippen molar-refractivity contribution < 1.29 is 58.8 Å². The van der Waals surface area contributed by atoms with Crippen molar-refractivity contribution >= 4 is 0 Å². The molecule has 0 rings (SSSR count). The maximum Gasteiger partial charge on any atom is 0 e. The number of hydrogen-bond donors (Lipinski definition) is 0. The first-order valence-corrected chi connectivity index (χ1v) is 0. The molecule has 0 aromatic carbocycles. The molecule has 2 N–H and O–H groups in total. The molecule has 0 aliphatic carbocycles. The predicted molar refractivity (Wildman–Crippen MR) is 3.61 cm³/mol. The first-order chi connectivity index (χ1) is 0. The van der Waals surface area contributed by atoms with Crippen LogP contribution in [0.15, 0.2) is 0 Å². The van der Waals surface area contributed by atoms with E-state index in [4.69, 9.17) is 0 Å². The summed E-state index contributed by atoms with van der Waals surface area (Å²) in [5.41, 5.74) is 0. The van der Waals surface area contributed by atoms with Crippen molar-refractivity contribution in [1.29, 1.82) is 0 Å². The molecule has 0 fully saturated rings. The molecule has 0 aromatic heterocycles. The van der Waals surface area contributed by atoms with Crippen LogP contribution in [-0.2, 0) is 53.3 Å². The summed E-state index contributed by atoms with van der Waals surface area (Å²) in [6.07, 6.45) is 0. The van der Waals surface area contributed by atoms with Crippen molar-refractivity contribution in [3.8, 4) is 0 Å². The fourth-order valence-electron chi connectivity index (χ4n) is 0. The summed E-state index contributed by atoms with van der Waals surface area (Å²) in [5, 5.41) is 0. The van der Waals surface area contributed by atoms with Crippen LogP contribution in [-0.4, -0.2) is 5.48 Å². The molecule has 0 aliphatic heterocycles. The van der Waals surface area contributed by atoms with E-state index in [1.165, 1.54) is 0 Å². The van der Waals surface area contributed by atoms with E-state index in [9.17, 15) is 0 Å². The van der Waals surface area contributed by atoms with Gasteiger partial charge < -0.3 is 5.48 Å². The zero-order chi connectivity index (χ0) is 0. The Kier molecular flexibility index (Phi) is 267. The third kappa shape index (κ3) is 9.49. The Labute approximate surface area is 58.6 Å². The number of hydrogen-bond acceptors (Lipinski definition) is 0. The van der Waals surface area contributed by atoms with Crippen LogP contribution in [0.4, 0.5) is 0 Å². The quantitative estimate of drug-likeness (QED) is 0.490. The third-order valence-corrected chi connectivity index (χ3v) is 0. The summed E-state index contributed by atoms with van der Waals surface area (Å²) in [7, 11) is 0. The van der Waals surface area contributed by atoms with Gasteiger partial charge in [-0.15, -0.1) is 0 Å². The van der Waals surface area contributed by atoms with Gasteiger partial charge in [0.05, 0.1) is 0 Å². The Morgan fingerprint density at radius 1 is 1.00 bits per heavy atom. The molecule has 0 aromatic rings. The summed E-state index contributed by atoms with van der Waals surface area (Å²) >= 11 is 0. The minimum Gasteiger partial charge on any atom is -0.412 e. The van der Waals surface area contributed by atoms with Crippen molar-refractivity contribution in [2.24, 2.45) is 0 Å². The molecule has 0 atom stereocenters. The van der Waals surface area contributed by atoms with E-state index in [1.807, 2.05) is 0 Å². The molecule has 0 bridgehead atoms. The van der Waals surface area contributed by atoms with Gasteiger partial charge in [-0.05, 0) is 0 Å². The monoisotopic (exact) mass is 235 g/mol. The second kappa shape index (κ2) is 23.2. The maximum atomic E-state index is 0. The van der Waals surface area contributed by atoms with Crippen LogP contribution in [0.25, 0.3) is 0 Å². The van der Waals surface area contributed by atoms with Gasteiger partial charge in [-0.25, -0.2) is 0 Å². The predicted octanol–water partition coefficient (Wildman–Crippen LogP) is -0.832. The van der Waals surface area contributed by atoms with Gasteiger partial charge >= 0.3 is 0 Å². The Morgan fingerprint density at radius 2 is 1.00 bits per heavy atom. The van der Waals surface area contributed by atoms with E-state index in [0.29, 0.717) is 0 Å². The molecule has 4 heavy (non-hydrogen) atoms. The Morgan fingerprint density at radius 3 is 1.00 bits per heavy atom. The van der Waals surface area contributed by atoms with Gasteiger partial charge in [-0.2, -0.15) is 0 Å². The largest absolute Gasteiger partial charge is 0.412 e. The summed E-state index contributed by atoms with van der Waals surface area (Å²) in [6, 6.07) is 0. The second-order valence-corrected chi connectivity index (χ2v) is 0. The van der Waals surface area contributed by atoms with Crippen LogP contribution in [0.5, 0.6) is 0 Å². The van der Waals surface area contributed by atoms with Crippen LogP contribution in [0.2, 0.25) is 0 Å². The van der Waals surface area contributed by atoms with Crippen molar-refractivity contribution in [1.82, 2.24) is 0 Å². The Hall–Kier alpha value is 1.61. The molecule has 0 amide bonds. The van der Waals surface area contributed by atoms with E-state index >= 15 is 0 Å². The molecule has 0 saturated carbocycles. The van der Waals surface area contributed by atoms with Crippen molar-refractivity contribution in [3.05, 3.63) is 0 Å². The molecular weight excluding hydrogens is 233 g/mol. The van der Waals surface area contributed by atoms with Crippen LogP contribution in [0, 0.1) is 0 Å². The molecule has 0 saturated heterocycles. The van der Waals surface area contributed by atoms with Gasteiger partial charge in [0.25, 0.3) is 0 Å². The van der Waals surface area contributed by atoms with Crippen molar-refractivity contribution in [3.63, 3.8) is 0 Å². The maximum absolute atomic E-state index is 0. The van der Waals surface area contributed by atoms with Crippen molar-refractivity contribution in [2.75, 3.05) is 0 Å². The van der Waals surface area contributed by atoms with Gasteiger partial charge in [0.1, 0.15) is 0 Å². The van der Waals surface area contributed by atoms with Crippen molar-refractivity contribution in [2.45, 2.75) is 0 Å². The minimum absolute atomic E-state index is 0. The SMILES string of the molecule is O.[Co].[Mn].[Rh]. The van der Waals surface area contributed by atoms with Crippen LogP contribution >= 0.6 is 0 Å². The first-order valence-electron chi connectivity index (χ1n) is 0. The summed E-state index contributed by atoms with van der Waals surface area (Å²) < 4.78 is 0. The fraction of sp³-hybridized carbons (Fsp3) is 0. The van der Waals surface area contributed by atoms with E-state index in [2.05, 4.69) is 0 Å². The fourth-order valence-corrected chi connectivity index (χ4v) is 0.